The number of morpholine rings is 1. The summed E-state index contributed by atoms with van der Waals surface area (Å²) in [4.78, 5) is 29.5. The van der Waals surface area contributed by atoms with Crippen molar-refractivity contribution in [2.75, 3.05) is 39.5 Å². The molecule has 1 aliphatic carbocycles. The van der Waals surface area contributed by atoms with Gasteiger partial charge in [-0.2, -0.15) is 0 Å². The molecular formula is C33H31Cl2NO4. The fourth-order valence-electron chi connectivity index (χ4n) is 5.02. The molecule has 2 aliphatic rings. The fraction of sp³-hybridized carbons (Fsp3) is 0.273. The van der Waals surface area contributed by atoms with E-state index in [1.165, 1.54) is 0 Å². The Morgan fingerprint density at radius 1 is 0.825 bits per heavy atom. The molecule has 0 atom stereocenters. The summed E-state index contributed by atoms with van der Waals surface area (Å²) in [6.45, 7) is 4.78. The number of ketones is 2. The molecule has 1 heterocycles. The van der Waals surface area contributed by atoms with Crippen LogP contribution < -0.4 is 4.74 Å². The number of hydrogen-bond donors (Lipinski definition) is 0. The van der Waals surface area contributed by atoms with Gasteiger partial charge in [0.05, 0.1) is 13.2 Å². The number of allylic oxidation sites excluding steroid dienone is 2. The highest BCUT2D eigenvalue weighted by molar-refractivity contribution is 6.31. The molecule has 5 nitrogen and oxygen atoms in total. The van der Waals surface area contributed by atoms with Crippen LogP contribution in [0.3, 0.4) is 0 Å². The van der Waals surface area contributed by atoms with Crippen LogP contribution in [0.4, 0.5) is 0 Å². The molecule has 0 aromatic heterocycles. The molecule has 3 aromatic carbocycles. The maximum Gasteiger partial charge on any atom is 0.185 e. The normalized spacial score (nSPS) is 20.1. The van der Waals surface area contributed by atoms with Crippen LogP contribution in [0.2, 0.25) is 10.0 Å². The first-order chi connectivity index (χ1) is 19.4. The first kappa shape index (κ1) is 28.3. The summed E-state index contributed by atoms with van der Waals surface area (Å²) in [6, 6.07) is 22.0. The number of hydrogen-bond acceptors (Lipinski definition) is 5. The van der Waals surface area contributed by atoms with Crippen molar-refractivity contribution >= 4 is 46.9 Å². The highest BCUT2D eigenvalue weighted by atomic mass is 35.5. The number of carbonyl (C=O) groups excluding carboxylic acids is 2. The Morgan fingerprint density at radius 3 is 1.88 bits per heavy atom. The summed E-state index contributed by atoms with van der Waals surface area (Å²) in [5.74, 6) is 0.340. The van der Waals surface area contributed by atoms with Crippen molar-refractivity contribution in [3.63, 3.8) is 0 Å². The van der Waals surface area contributed by atoms with Gasteiger partial charge in [0.1, 0.15) is 12.4 Å². The third-order valence-electron chi connectivity index (χ3n) is 7.23. The first-order valence-electron chi connectivity index (χ1n) is 13.5. The quantitative estimate of drug-likeness (QED) is 0.213. The van der Waals surface area contributed by atoms with E-state index in [1.54, 1.807) is 24.3 Å². The van der Waals surface area contributed by atoms with Gasteiger partial charge >= 0.3 is 0 Å². The standard InChI is InChI=1S/C33H31Cl2NO4/c34-29-7-1-23(2-8-29)19-26-21-28(22-27(33(26)38)20-24-3-9-30(35)10-4-24)32(37)25-5-11-31(12-6-25)40-18-15-36-13-16-39-17-14-36/h1-12,19-20,28H,13-18,21-22H2/b26-19+,27-20+. The van der Waals surface area contributed by atoms with E-state index >= 15 is 0 Å². The Bertz CT molecular complexity index is 1320. The van der Waals surface area contributed by atoms with Crippen LogP contribution in [0, 0.1) is 5.92 Å². The predicted octanol–water partition coefficient (Wildman–Crippen LogP) is 7.03. The highest BCUT2D eigenvalue weighted by Gasteiger charge is 2.32. The highest BCUT2D eigenvalue weighted by Crippen LogP contribution is 2.35. The molecule has 206 valence electrons. The minimum absolute atomic E-state index is 0.0105. The molecule has 0 amide bonds. The zero-order valence-electron chi connectivity index (χ0n) is 22.2. The lowest BCUT2D eigenvalue weighted by Crippen LogP contribution is -2.38. The van der Waals surface area contributed by atoms with Gasteiger partial charge in [-0.3, -0.25) is 14.5 Å². The number of carbonyl (C=O) groups is 2. The van der Waals surface area contributed by atoms with Gasteiger partial charge in [0, 0.05) is 52.3 Å². The Kier molecular flexibility index (Phi) is 9.50. The van der Waals surface area contributed by atoms with E-state index in [-0.39, 0.29) is 17.5 Å². The van der Waals surface area contributed by atoms with Crippen molar-refractivity contribution in [2.45, 2.75) is 12.8 Å². The number of rotatable bonds is 8. The average Bonchev–Trinajstić information content (AvgIpc) is 2.98. The Balaban J connectivity index is 1.32. The molecule has 1 saturated carbocycles. The topological polar surface area (TPSA) is 55.8 Å². The number of halogens is 2. The minimum atomic E-state index is -0.358. The second-order valence-electron chi connectivity index (χ2n) is 10.1. The van der Waals surface area contributed by atoms with Crippen LogP contribution in [0.25, 0.3) is 12.2 Å². The van der Waals surface area contributed by atoms with Crippen molar-refractivity contribution in [3.8, 4) is 5.75 Å². The molecular weight excluding hydrogens is 545 g/mol. The number of ether oxygens (including phenoxy) is 2. The molecule has 0 spiro atoms. The average molecular weight is 577 g/mol. The molecule has 3 aromatic rings. The summed E-state index contributed by atoms with van der Waals surface area (Å²) >= 11 is 12.1. The van der Waals surface area contributed by atoms with E-state index < -0.39 is 0 Å². The van der Waals surface area contributed by atoms with E-state index in [0.29, 0.717) is 46.2 Å². The summed E-state index contributed by atoms with van der Waals surface area (Å²) in [5.41, 5.74) is 3.55. The van der Waals surface area contributed by atoms with Crippen molar-refractivity contribution in [3.05, 3.63) is 111 Å². The molecule has 40 heavy (non-hydrogen) atoms. The zero-order valence-corrected chi connectivity index (χ0v) is 23.7. The van der Waals surface area contributed by atoms with E-state index in [9.17, 15) is 9.59 Å². The minimum Gasteiger partial charge on any atom is -0.492 e. The molecule has 0 N–H and O–H groups in total. The summed E-state index contributed by atoms with van der Waals surface area (Å²) < 4.78 is 11.3. The molecule has 1 aliphatic heterocycles. The van der Waals surface area contributed by atoms with Crippen LogP contribution in [-0.4, -0.2) is 55.9 Å². The SMILES string of the molecule is O=C1/C(=C/c2ccc(Cl)cc2)CC(C(=O)c2ccc(OCCN3CCOCC3)cc2)C/C1=C\c1ccc(Cl)cc1. The van der Waals surface area contributed by atoms with Gasteiger partial charge in [-0.25, -0.2) is 0 Å². The van der Waals surface area contributed by atoms with Crippen LogP contribution in [0.15, 0.2) is 83.9 Å². The lowest BCUT2D eigenvalue weighted by Gasteiger charge is -2.26. The van der Waals surface area contributed by atoms with Crippen LogP contribution in [0.5, 0.6) is 5.75 Å². The maximum atomic E-state index is 13.7. The first-order valence-corrected chi connectivity index (χ1v) is 14.2. The van der Waals surface area contributed by atoms with Gasteiger partial charge in [-0.1, -0.05) is 47.5 Å². The van der Waals surface area contributed by atoms with E-state index in [1.807, 2.05) is 60.7 Å². The van der Waals surface area contributed by atoms with Crippen LogP contribution in [-0.2, 0) is 9.53 Å². The lowest BCUT2D eigenvalue weighted by molar-refractivity contribution is -0.113. The second kappa shape index (κ2) is 13.4. The van der Waals surface area contributed by atoms with Gasteiger partial charge in [-0.05, 0) is 84.7 Å². The largest absolute Gasteiger partial charge is 0.492 e. The third kappa shape index (κ3) is 7.49. The maximum absolute atomic E-state index is 13.7. The van der Waals surface area contributed by atoms with Crippen molar-refractivity contribution in [1.82, 2.24) is 4.90 Å². The number of benzene rings is 3. The molecule has 0 bridgehead atoms. The monoisotopic (exact) mass is 575 g/mol. The molecule has 0 unspecified atom stereocenters. The summed E-state index contributed by atoms with van der Waals surface area (Å²) in [6.07, 6.45) is 4.46. The van der Waals surface area contributed by atoms with Crippen LogP contribution >= 0.6 is 23.2 Å². The van der Waals surface area contributed by atoms with Crippen molar-refractivity contribution < 1.29 is 19.1 Å². The van der Waals surface area contributed by atoms with Gasteiger partial charge in [0.25, 0.3) is 0 Å². The summed E-state index contributed by atoms with van der Waals surface area (Å²) in [5, 5.41) is 1.25. The molecule has 5 rings (SSSR count). The number of Topliss-reactive ketones (excluding diaryl/α,β-unsaturated/α-hetero) is 2. The number of nitrogens with zero attached hydrogens (tertiary/aromatic N) is 1. The summed E-state index contributed by atoms with van der Waals surface area (Å²) in [7, 11) is 0. The van der Waals surface area contributed by atoms with E-state index in [0.717, 1.165) is 49.7 Å². The Labute approximate surface area is 245 Å². The third-order valence-corrected chi connectivity index (χ3v) is 7.73. The molecule has 1 saturated heterocycles. The fourth-order valence-corrected chi connectivity index (χ4v) is 5.27. The lowest BCUT2D eigenvalue weighted by atomic mass is 9.76. The molecule has 7 heteroatoms. The van der Waals surface area contributed by atoms with E-state index in [2.05, 4.69) is 4.90 Å². The van der Waals surface area contributed by atoms with Crippen LogP contribution in [0.1, 0.15) is 34.3 Å². The zero-order chi connectivity index (χ0) is 27.9. The van der Waals surface area contributed by atoms with Gasteiger partial charge < -0.3 is 9.47 Å². The Hall–Kier alpha value is -3.22. The van der Waals surface area contributed by atoms with Crippen molar-refractivity contribution in [1.29, 1.82) is 0 Å². The smallest absolute Gasteiger partial charge is 0.185 e. The molecule has 2 fully saturated rings. The van der Waals surface area contributed by atoms with E-state index in [4.69, 9.17) is 32.7 Å². The van der Waals surface area contributed by atoms with Crippen molar-refractivity contribution in [2.24, 2.45) is 5.92 Å². The van der Waals surface area contributed by atoms with Gasteiger partial charge in [-0.15, -0.1) is 0 Å². The van der Waals surface area contributed by atoms with Gasteiger partial charge in [0.15, 0.2) is 11.6 Å². The second-order valence-corrected chi connectivity index (χ2v) is 10.9. The Morgan fingerprint density at radius 2 is 1.35 bits per heavy atom. The molecule has 0 radical (unpaired) electrons. The van der Waals surface area contributed by atoms with Gasteiger partial charge in [0.2, 0.25) is 0 Å². The predicted molar refractivity (Wildman–Crippen MR) is 160 cm³/mol.